The van der Waals surface area contributed by atoms with Crippen LogP contribution in [0.5, 0.6) is 0 Å². The average Bonchev–Trinajstić information content (AvgIpc) is 3.31. The van der Waals surface area contributed by atoms with Gasteiger partial charge in [0.05, 0.1) is 6.54 Å². The van der Waals surface area contributed by atoms with Gasteiger partial charge in [0.1, 0.15) is 18.9 Å². The Morgan fingerprint density at radius 1 is 0.634 bits per heavy atom. The molecule has 0 atom stereocenters. The minimum Gasteiger partial charge on any atom is -0.237 e. The van der Waals surface area contributed by atoms with Crippen LogP contribution in [-0.2, 0) is 13.1 Å². The van der Waals surface area contributed by atoms with E-state index in [9.17, 15) is 48.3 Å². The molecule has 0 bridgehead atoms. The number of hydrogen-bond donors (Lipinski definition) is 0. The molecular weight excluding hydrogens is 620 g/mol. The molecule has 1 aromatic carbocycles. The highest BCUT2D eigenvalue weighted by atomic mass is 35.5. The Kier molecular flexibility index (Phi) is 12.2. The molecule has 0 unspecified atom stereocenters. The maximum atomic E-state index is 13.7. The van der Waals surface area contributed by atoms with Gasteiger partial charge in [-0.2, -0.15) is 48.3 Å². The van der Waals surface area contributed by atoms with Crippen molar-refractivity contribution in [3.05, 3.63) is 52.5 Å². The van der Waals surface area contributed by atoms with Gasteiger partial charge in [0, 0.05) is 22.0 Å². The van der Waals surface area contributed by atoms with Crippen molar-refractivity contribution >= 4 is 23.2 Å². The number of aryl methyl sites for hydroxylation is 1. The van der Waals surface area contributed by atoms with Crippen molar-refractivity contribution in [3.8, 4) is 0 Å². The lowest BCUT2D eigenvalue weighted by Gasteiger charge is -2.37. The van der Waals surface area contributed by atoms with E-state index < -0.39 is 42.7 Å². The van der Waals surface area contributed by atoms with Crippen molar-refractivity contribution in [3.63, 3.8) is 0 Å². The topological polar surface area (TPSA) is 8.81 Å². The third-order valence-corrected chi connectivity index (χ3v) is 7.37. The molecule has 2 rings (SSSR count). The van der Waals surface area contributed by atoms with Crippen LogP contribution >= 0.6 is 23.2 Å². The fourth-order valence-corrected chi connectivity index (χ4v) is 4.69. The average molecular weight is 650 g/mol. The second-order valence-electron chi connectivity index (χ2n) is 9.88. The SMILES string of the molecule is FC(F)(F)C(F)(F)C(F)(F)C(F)(F)C(F)(F)CCCCCCCCCCCn1cc[n+](Cc2c(Cl)cccc2Cl)c1. The fraction of sp³-hybridized carbons (Fsp3) is 0.654. The van der Waals surface area contributed by atoms with Crippen LogP contribution < -0.4 is 4.57 Å². The standard InChI is InChI=1S/C26H30Cl2F11N2/c27-20-11-10-12-21(28)19(20)17-41-16-15-40(18-41)14-9-7-5-3-1-2-4-6-8-13-22(29,30)23(31,32)24(33,34)25(35,36)26(37,38)39/h10-12,15-16,18H,1-9,13-14,17H2/q+1. The molecule has 0 N–H and O–H groups in total. The molecule has 234 valence electrons. The molecule has 15 heteroatoms. The van der Waals surface area contributed by atoms with Crippen molar-refractivity contribution in [2.75, 3.05) is 0 Å². The molecule has 1 aromatic heterocycles. The molecule has 0 radical (unpaired) electrons. The summed E-state index contributed by atoms with van der Waals surface area (Å²) in [5.74, 6) is -27.3. The Labute approximate surface area is 240 Å². The number of halogens is 13. The van der Waals surface area contributed by atoms with Gasteiger partial charge in [-0.3, -0.25) is 0 Å². The Morgan fingerprint density at radius 3 is 1.63 bits per heavy atom. The van der Waals surface area contributed by atoms with Gasteiger partial charge in [-0.1, -0.05) is 67.8 Å². The summed E-state index contributed by atoms with van der Waals surface area (Å²) in [6.07, 6.45) is 0.849. The second kappa shape index (κ2) is 14.1. The lowest BCUT2D eigenvalue weighted by Crippen LogP contribution is -2.66. The number of aromatic nitrogens is 2. The van der Waals surface area contributed by atoms with Crippen LogP contribution in [0.15, 0.2) is 36.9 Å². The molecule has 0 saturated heterocycles. The van der Waals surface area contributed by atoms with Crippen molar-refractivity contribution in [2.24, 2.45) is 0 Å². The highest BCUT2D eigenvalue weighted by molar-refractivity contribution is 6.35. The number of imidazole rings is 1. The number of alkyl halides is 11. The highest BCUT2D eigenvalue weighted by Crippen LogP contribution is 2.58. The van der Waals surface area contributed by atoms with E-state index in [1.165, 1.54) is 0 Å². The van der Waals surface area contributed by atoms with Gasteiger partial charge in [-0.25, -0.2) is 9.13 Å². The van der Waals surface area contributed by atoms with E-state index >= 15 is 0 Å². The first-order valence-electron chi connectivity index (χ1n) is 12.9. The van der Waals surface area contributed by atoms with Gasteiger partial charge >= 0.3 is 29.9 Å². The van der Waals surface area contributed by atoms with Gasteiger partial charge in [0.15, 0.2) is 0 Å². The highest BCUT2D eigenvalue weighted by Gasteiger charge is 2.86. The lowest BCUT2D eigenvalue weighted by molar-refractivity contribution is -0.687. The van der Waals surface area contributed by atoms with E-state index in [-0.39, 0.29) is 12.8 Å². The number of rotatable bonds is 17. The number of nitrogens with zero attached hydrogens (tertiary/aromatic N) is 2. The Morgan fingerprint density at radius 2 is 1.12 bits per heavy atom. The third kappa shape index (κ3) is 8.64. The summed E-state index contributed by atoms with van der Waals surface area (Å²) >= 11 is 12.4. The maximum absolute atomic E-state index is 13.7. The monoisotopic (exact) mass is 649 g/mol. The molecule has 2 nitrogen and oxygen atoms in total. The van der Waals surface area contributed by atoms with Crippen LogP contribution in [0.2, 0.25) is 10.0 Å². The van der Waals surface area contributed by atoms with Crippen LogP contribution in [0.1, 0.15) is 69.8 Å². The van der Waals surface area contributed by atoms with Crippen LogP contribution in [-0.4, -0.2) is 34.4 Å². The quantitative estimate of drug-likeness (QED) is 0.0916. The third-order valence-electron chi connectivity index (χ3n) is 6.66. The number of hydrogen-bond acceptors (Lipinski definition) is 0. The molecule has 0 aliphatic rings. The molecule has 0 spiro atoms. The molecule has 41 heavy (non-hydrogen) atoms. The summed E-state index contributed by atoms with van der Waals surface area (Å²) in [7, 11) is 0. The molecule has 2 aromatic rings. The molecule has 0 fully saturated rings. The zero-order chi connectivity index (χ0) is 31.1. The minimum atomic E-state index is -7.33. The summed E-state index contributed by atoms with van der Waals surface area (Å²) in [4.78, 5) is 0. The van der Waals surface area contributed by atoms with E-state index in [0.29, 0.717) is 29.4 Å². The van der Waals surface area contributed by atoms with E-state index in [2.05, 4.69) is 0 Å². The Balaban J connectivity index is 1.61. The van der Waals surface area contributed by atoms with Gasteiger partial charge in [0.25, 0.3) is 0 Å². The van der Waals surface area contributed by atoms with Gasteiger partial charge in [-0.05, 0) is 31.4 Å². The Bertz CT molecular complexity index is 1080. The summed E-state index contributed by atoms with van der Waals surface area (Å²) in [6.45, 7) is 1.29. The van der Waals surface area contributed by atoms with Crippen molar-refractivity contribution in [1.29, 1.82) is 0 Å². The minimum absolute atomic E-state index is 0.0973. The van der Waals surface area contributed by atoms with Gasteiger partial charge < -0.3 is 0 Å². The first-order chi connectivity index (χ1) is 18.8. The second-order valence-corrected chi connectivity index (χ2v) is 10.7. The van der Waals surface area contributed by atoms with Crippen molar-refractivity contribution in [1.82, 2.24) is 4.57 Å². The summed E-state index contributed by atoms with van der Waals surface area (Å²) in [6, 6.07) is 5.30. The fourth-order valence-electron chi connectivity index (χ4n) is 4.17. The predicted octanol–water partition coefficient (Wildman–Crippen LogP) is 10.1. The summed E-state index contributed by atoms with van der Waals surface area (Å²) < 4.78 is 147. The van der Waals surface area contributed by atoms with E-state index in [0.717, 1.165) is 37.8 Å². The van der Waals surface area contributed by atoms with Crippen LogP contribution in [0.3, 0.4) is 0 Å². The first kappa shape index (κ1) is 35.4. The van der Waals surface area contributed by atoms with Crippen molar-refractivity contribution in [2.45, 2.75) is 107 Å². The lowest BCUT2D eigenvalue weighted by atomic mass is 9.94. The zero-order valence-electron chi connectivity index (χ0n) is 21.8. The van der Waals surface area contributed by atoms with Crippen LogP contribution in [0.25, 0.3) is 0 Å². The largest absolute Gasteiger partial charge is 0.460 e. The number of benzene rings is 1. The van der Waals surface area contributed by atoms with Gasteiger partial charge in [0.2, 0.25) is 6.33 Å². The molecule has 1 heterocycles. The summed E-state index contributed by atoms with van der Waals surface area (Å²) in [5, 5.41) is 1.16. The number of unbranched alkanes of at least 4 members (excludes halogenated alkanes) is 8. The van der Waals surface area contributed by atoms with Crippen molar-refractivity contribution < 1.29 is 52.9 Å². The van der Waals surface area contributed by atoms with Gasteiger partial charge in [-0.15, -0.1) is 0 Å². The van der Waals surface area contributed by atoms with E-state index in [1.54, 1.807) is 18.2 Å². The maximum Gasteiger partial charge on any atom is 0.460 e. The molecular formula is C26H30Cl2F11N2+. The summed E-state index contributed by atoms with van der Waals surface area (Å²) in [5.41, 5.74) is 0.817. The first-order valence-corrected chi connectivity index (χ1v) is 13.7. The predicted molar refractivity (Wildman–Crippen MR) is 132 cm³/mol. The zero-order valence-corrected chi connectivity index (χ0v) is 23.3. The molecule has 0 amide bonds. The molecule has 0 saturated carbocycles. The molecule has 0 aliphatic heterocycles. The normalized spacial score (nSPS) is 13.7. The van der Waals surface area contributed by atoms with Crippen LogP contribution in [0.4, 0.5) is 48.3 Å². The van der Waals surface area contributed by atoms with Crippen LogP contribution in [0, 0.1) is 0 Å². The van der Waals surface area contributed by atoms with E-state index in [1.807, 2.05) is 27.9 Å². The Hall–Kier alpha value is -1.76. The smallest absolute Gasteiger partial charge is 0.237 e. The van der Waals surface area contributed by atoms with E-state index in [4.69, 9.17) is 23.2 Å². The molecule has 0 aliphatic carbocycles.